The Balaban J connectivity index is 2.23. The summed E-state index contributed by atoms with van der Waals surface area (Å²) in [4.78, 5) is 3.94. The molecule has 0 aliphatic heterocycles. The summed E-state index contributed by atoms with van der Waals surface area (Å²) >= 11 is 5.94. The predicted octanol–water partition coefficient (Wildman–Crippen LogP) is 2.81. The van der Waals surface area contributed by atoms with Crippen LogP contribution >= 0.6 is 11.6 Å². The van der Waals surface area contributed by atoms with Crippen LogP contribution in [0.3, 0.4) is 0 Å². The van der Waals surface area contributed by atoms with Crippen molar-refractivity contribution in [3.05, 3.63) is 52.8 Å². The molecule has 0 saturated carbocycles. The first-order chi connectivity index (χ1) is 9.24. The van der Waals surface area contributed by atoms with E-state index in [2.05, 4.69) is 4.98 Å². The van der Waals surface area contributed by atoms with Gasteiger partial charge in [-0.05, 0) is 23.8 Å². The van der Waals surface area contributed by atoms with E-state index in [9.17, 15) is 5.11 Å². The van der Waals surface area contributed by atoms with Crippen molar-refractivity contribution in [1.82, 2.24) is 4.98 Å². The smallest absolute Gasteiger partial charge is 0.167 e. The molecule has 0 radical (unpaired) electrons. The van der Waals surface area contributed by atoms with Crippen molar-refractivity contribution in [3.8, 4) is 11.5 Å². The SMILES string of the molecule is COc1cc(Cl)cc(CO)c1OCc1ccncc1. The van der Waals surface area contributed by atoms with Crippen molar-refractivity contribution in [3.63, 3.8) is 0 Å². The summed E-state index contributed by atoms with van der Waals surface area (Å²) < 4.78 is 10.9. The van der Waals surface area contributed by atoms with Crippen molar-refractivity contribution in [1.29, 1.82) is 0 Å². The highest BCUT2D eigenvalue weighted by Gasteiger charge is 2.12. The first kappa shape index (κ1) is 13.6. The average Bonchev–Trinajstić information content (AvgIpc) is 2.46. The number of benzene rings is 1. The van der Waals surface area contributed by atoms with E-state index < -0.39 is 0 Å². The second-order valence-electron chi connectivity index (χ2n) is 3.90. The topological polar surface area (TPSA) is 51.6 Å². The van der Waals surface area contributed by atoms with Crippen LogP contribution in [-0.2, 0) is 13.2 Å². The lowest BCUT2D eigenvalue weighted by Crippen LogP contribution is -2.01. The Hall–Kier alpha value is -1.78. The van der Waals surface area contributed by atoms with Crippen LogP contribution in [0.4, 0.5) is 0 Å². The van der Waals surface area contributed by atoms with Crippen LogP contribution in [-0.4, -0.2) is 17.2 Å². The first-order valence-corrected chi connectivity index (χ1v) is 6.11. The molecule has 2 rings (SSSR count). The van der Waals surface area contributed by atoms with E-state index in [-0.39, 0.29) is 6.61 Å². The molecule has 0 fully saturated rings. The van der Waals surface area contributed by atoms with E-state index in [4.69, 9.17) is 21.1 Å². The normalized spacial score (nSPS) is 10.3. The van der Waals surface area contributed by atoms with Crippen LogP contribution in [0.2, 0.25) is 5.02 Å². The van der Waals surface area contributed by atoms with Gasteiger partial charge in [-0.2, -0.15) is 0 Å². The fourth-order valence-corrected chi connectivity index (χ4v) is 1.92. The highest BCUT2D eigenvalue weighted by Crippen LogP contribution is 2.35. The Morgan fingerprint density at radius 1 is 1.26 bits per heavy atom. The summed E-state index contributed by atoms with van der Waals surface area (Å²) in [5, 5.41) is 9.85. The second-order valence-corrected chi connectivity index (χ2v) is 4.33. The zero-order valence-electron chi connectivity index (χ0n) is 10.5. The fourth-order valence-electron chi connectivity index (χ4n) is 1.69. The predicted molar refractivity (Wildman–Crippen MR) is 72.5 cm³/mol. The second kappa shape index (κ2) is 6.41. The third-order valence-electron chi connectivity index (χ3n) is 2.62. The van der Waals surface area contributed by atoms with Gasteiger partial charge in [0.1, 0.15) is 6.61 Å². The minimum absolute atomic E-state index is 0.164. The number of pyridine rings is 1. The molecule has 0 spiro atoms. The molecule has 0 aliphatic carbocycles. The van der Waals surface area contributed by atoms with Crippen molar-refractivity contribution in [2.24, 2.45) is 0 Å². The van der Waals surface area contributed by atoms with E-state index in [1.807, 2.05) is 12.1 Å². The Kier molecular flexibility index (Phi) is 4.60. The molecule has 4 nitrogen and oxygen atoms in total. The summed E-state index contributed by atoms with van der Waals surface area (Å²) in [7, 11) is 1.53. The Morgan fingerprint density at radius 2 is 2.00 bits per heavy atom. The highest BCUT2D eigenvalue weighted by atomic mass is 35.5. The van der Waals surface area contributed by atoms with Crippen molar-refractivity contribution >= 4 is 11.6 Å². The molecular weight excluding hydrogens is 266 g/mol. The molecule has 100 valence electrons. The van der Waals surface area contributed by atoms with Gasteiger partial charge in [-0.25, -0.2) is 0 Å². The van der Waals surface area contributed by atoms with Crippen LogP contribution in [0.1, 0.15) is 11.1 Å². The molecule has 1 heterocycles. The van der Waals surface area contributed by atoms with Crippen molar-refractivity contribution in [2.75, 3.05) is 7.11 Å². The van der Waals surface area contributed by atoms with Gasteiger partial charge in [0.2, 0.25) is 0 Å². The van der Waals surface area contributed by atoms with E-state index in [0.717, 1.165) is 5.56 Å². The van der Waals surface area contributed by atoms with Gasteiger partial charge in [0, 0.05) is 29.0 Å². The summed E-state index contributed by atoms with van der Waals surface area (Å²) in [5.41, 5.74) is 1.58. The fraction of sp³-hybridized carbons (Fsp3) is 0.214. The number of aliphatic hydroxyl groups is 1. The number of ether oxygens (including phenoxy) is 2. The lowest BCUT2D eigenvalue weighted by atomic mass is 10.2. The van der Waals surface area contributed by atoms with Crippen LogP contribution in [0, 0.1) is 0 Å². The quantitative estimate of drug-likeness (QED) is 0.914. The first-order valence-electron chi connectivity index (χ1n) is 5.73. The van der Waals surface area contributed by atoms with Gasteiger partial charge in [-0.1, -0.05) is 11.6 Å². The lowest BCUT2D eigenvalue weighted by molar-refractivity contribution is 0.250. The number of aliphatic hydroxyl groups excluding tert-OH is 1. The van der Waals surface area contributed by atoms with Gasteiger partial charge < -0.3 is 14.6 Å². The van der Waals surface area contributed by atoms with Gasteiger partial charge in [0.05, 0.1) is 13.7 Å². The van der Waals surface area contributed by atoms with Gasteiger partial charge in [-0.3, -0.25) is 4.98 Å². The van der Waals surface area contributed by atoms with Crippen LogP contribution in [0.5, 0.6) is 11.5 Å². The number of methoxy groups -OCH3 is 1. The molecule has 1 aromatic heterocycles. The van der Waals surface area contributed by atoms with E-state index in [1.165, 1.54) is 7.11 Å². The number of aromatic nitrogens is 1. The third kappa shape index (κ3) is 3.36. The molecule has 0 amide bonds. The Labute approximate surface area is 116 Å². The number of hydrogen-bond donors (Lipinski definition) is 1. The molecule has 0 bridgehead atoms. The van der Waals surface area contributed by atoms with Crippen LogP contribution < -0.4 is 9.47 Å². The largest absolute Gasteiger partial charge is 0.493 e. The summed E-state index contributed by atoms with van der Waals surface area (Å²) in [6, 6.07) is 7.04. The minimum atomic E-state index is -0.164. The van der Waals surface area contributed by atoms with Gasteiger partial charge in [-0.15, -0.1) is 0 Å². The maximum atomic E-state index is 9.36. The molecule has 0 atom stereocenters. The molecule has 0 saturated heterocycles. The van der Waals surface area contributed by atoms with E-state index >= 15 is 0 Å². The molecular formula is C14H14ClNO3. The van der Waals surface area contributed by atoms with Crippen molar-refractivity contribution in [2.45, 2.75) is 13.2 Å². The van der Waals surface area contributed by atoms with E-state index in [0.29, 0.717) is 28.7 Å². The van der Waals surface area contributed by atoms with Crippen LogP contribution in [0.15, 0.2) is 36.7 Å². The number of nitrogens with zero attached hydrogens (tertiary/aromatic N) is 1. The highest BCUT2D eigenvalue weighted by molar-refractivity contribution is 6.30. The Morgan fingerprint density at radius 3 is 2.63 bits per heavy atom. The van der Waals surface area contributed by atoms with Gasteiger partial charge in [0.15, 0.2) is 11.5 Å². The Bertz CT molecular complexity index is 521. The summed E-state index contributed by atoms with van der Waals surface area (Å²) in [6.45, 7) is 0.204. The monoisotopic (exact) mass is 279 g/mol. The summed E-state index contributed by atoms with van der Waals surface area (Å²) in [6.07, 6.45) is 3.40. The average molecular weight is 280 g/mol. The third-order valence-corrected chi connectivity index (χ3v) is 2.84. The zero-order valence-corrected chi connectivity index (χ0v) is 11.2. The van der Waals surface area contributed by atoms with Crippen molar-refractivity contribution < 1.29 is 14.6 Å². The zero-order chi connectivity index (χ0) is 13.7. The number of halogens is 1. The lowest BCUT2D eigenvalue weighted by Gasteiger charge is -2.14. The number of hydrogen-bond acceptors (Lipinski definition) is 4. The molecule has 0 aliphatic rings. The van der Waals surface area contributed by atoms with Crippen LogP contribution in [0.25, 0.3) is 0 Å². The number of rotatable bonds is 5. The van der Waals surface area contributed by atoms with E-state index in [1.54, 1.807) is 24.5 Å². The molecule has 1 N–H and O–H groups in total. The standard InChI is InChI=1S/C14H14ClNO3/c1-18-13-7-12(15)6-11(8-17)14(13)19-9-10-2-4-16-5-3-10/h2-7,17H,8-9H2,1H3. The molecule has 5 heteroatoms. The summed E-state index contributed by atoms with van der Waals surface area (Å²) in [5.74, 6) is 1.01. The molecule has 2 aromatic rings. The molecule has 0 unspecified atom stereocenters. The molecule has 19 heavy (non-hydrogen) atoms. The molecule has 1 aromatic carbocycles. The maximum Gasteiger partial charge on any atom is 0.167 e. The van der Waals surface area contributed by atoms with Gasteiger partial charge >= 0.3 is 0 Å². The maximum absolute atomic E-state index is 9.36. The minimum Gasteiger partial charge on any atom is -0.493 e. The van der Waals surface area contributed by atoms with Gasteiger partial charge in [0.25, 0.3) is 0 Å².